The highest BCUT2D eigenvalue weighted by atomic mass is 32.1. The van der Waals surface area contributed by atoms with Crippen molar-refractivity contribution in [3.05, 3.63) is 24.3 Å². The second kappa shape index (κ2) is 5.37. The summed E-state index contributed by atoms with van der Waals surface area (Å²) in [5.74, 6) is 0.219. The largest absolute Gasteiger partial charge is 0.389 e. The van der Waals surface area contributed by atoms with Gasteiger partial charge in [-0.15, -0.1) is 0 Å². The van der Waals surface area contributed by atoms with E-state index in [1.807, 2.05) is 43.3 Å². The Kier molecular flexibility index (Phi) is 3.55. The molecule has 5 nitrogen and oxygen atoms in total. The molecule has 21 heavy (non-hydrogen) atoms. The first-order valence-electron chi connectivity index (χ1n) is 6.89. The van der Waals surface area contributed by atoms with Gasteiger partial charge in [-0.3, -0.25) is 4.79 Å². The molecule has 110 valence electrons. The Morgan fingerprint density at radius 2 is 2.00 bits per heavy atom. The molecule has 0 atom stereocenters. The normalized spacial score (nSPS) is 14.0. The van der Waals surface area contributed by atoms with E-state index in [1.165, 1.54) is 11.3 Å². The lowest BCUT2D eigenvalue weighted by Gasteiger charge is -2.12. The lowest BCUT2D eigenvalue weighted by atomic mass is 10.1. The summed E-state index contributed by atoms with van der Waals surface area (Å²) in [5.41, 5.74) is 8.85. The van der Waals surface area contributed by atoms with Gasteiger partial charge in [-0.2, -0.15) is 0 Å². The van der Waals surface area contributed by atoms with E-state index in [4.69, 9.17) is 5.73 Å². The van der Waals surface area contributed by atoms with Crippen molar-refractivity contribution in [2.45, 2.75) is 12.8 Å². The molecule has 1 heterocycles. The fourth-order valence-corrected chi connectivity index (χ4v) is 2.82. The van der Waals surface area contributed by atoms with Crippen molar-refractivity contribution in [3.63, 3.8) is 0 Å². The molecule has 3 rings (SSSR count). The van der Waals surface area contributed by atoms with Crippen LogP contribution in [0.5, 0.6) is 0 Å². The van der Waals surface area contributed by atoms with Gasteiger partial charge in [-0.05, 0) is 25.0 Å². The average Bonchev–Trinajstić information content (AvgIpc) is 3.24. The molecule has 0 unspecified atom stereocenters. The number of carbonyl (C=O) groups excluding carboxylic acids is 1. The molecule has 1 aliphatic rings. The Morgan fingerprint density at radius 1 is 1.33 bits per heavy atom. The molecule has 1 fully saturated rings. The molecule has 6 heteroatoms. The summed E-state index contributed by atoms with van der Waals surface area (Å²) in [7, 11) is 4.00. The van der Waals surface area contributed by atoms with Crippen LogP contribution >= 0.6 is 11.3 Å². The van der Waals surface area contributed by atoms with Gasteiger partial charge in [0.05, 0.1) is 0 Å². The minimum atomic E-state index is 0.0539. The summed E-state index contributed by atoms with van der Waals surface area (Å²) >= 11 is 1.32. The first kappa shape index (κ1) is 13.9. The van der Waals surface area contributed by atoms with Crippen molar-refractivity contribution in [1.29, 1.82) is 0 Å². The van der Waals surface area contributed by atoms with Gasteiger partial charge in [0.1, 0.15) is 10.7 Å². The second-order valence-corrected chi connectivity index (χ2v) is 6.47. The summed E-state index contributed by atoms with van der Waals surface area (Å²) in [6.07, 6.45) is 1.96. The van der Waals surface area contributed by atoms with Gasteiger partial charge in [0, 0.05) is 31.3 Å². The maximum Gasteiger partial charge on any atom is 0.229 e. The van der Waals surface area contributed by atoms with Crippen molar-refractivity contribution in [2.24, 2.45) is 5.92 Å². The van der Waals surface area contributed by atoms with Crippen LogP contribution in [0.2, 0.25) is 0 Å². The zero-order valence-corrected chi connectivity index (χ0v) is 12.9. The van der Waals surface area contributed by atoms with Crippen molar-refractivity contribution in [2.75, 3.05) is 30.0 Å². The molecule has 1 saturated carbocycles. The molecule has 0 spiro atoms. The van der Waals surface area contributed by atoms with Crippen LogP contribution in [0.4, 0.5) is 15.8 Å². The first-order valence-corrected chi connectivity index (χ1v) is 7.71. The van der Waals surface area contributed by atoms with Gasteiger partial charge in [0.25, 0.3) is 0 Å². The average molecular weight is 302 g/mol. The lowest BCUT2D eigenvalue weighted by Crippen LogP contribution is -2.12. The highest BCUT2D eigenvalue weighted by Crippen LogP contribution is 2.36. The Bertz CT molecular complexity index is 659. The second-order valence-electron chi connectivity index (χ2n) is 5.44. The molecule has 1 aliphatic carbocycles. The molecule has 0 saturated heterocycles. The number of anilines is 3. The van der Waals surface area contributed by atoms with Crippen LogP contribution in [-0.4, -0.2) is 25.0 Å². The maximum absolute atomic E-state index is 11.8. The summed E-state index contributed by atoms with van der Waals surface area (Å²) in [5, 5.41) is 4.05. The van der Waals surface area contributed by atoms with Crippen molar-refractivity contribution in [1.82, 2.24) is 4.98 Å². The molecule has 0 bridgehead atoms. The van der Waals surface area contributed by atoms with Gasteiger partial charge in [0.15, 0.2) is 5.13 Å². The van der Waals surface area contributed by atoms with E-state index in [0.29, 0.717) is 10.1 Å². The van der Waals surface area contributed by atoms with Gasteiger partial charge in [0.2, 0.25) is 5.91 Å². The maximum atomic E-state index is 11.8. The predicted octanol–water partition coefficient (Wildman–Crippen LogP) is 2.81. The molecule has 1 amide bonds. The molecular formula is C15H18N4OS. The highest BCUT2D eigenvalue weighted by Gasteiger charge is 2.30. The third-order valence-corrected chi connectivity index (χ3v) is 4.29. The molecular weight excluding hydrogens is 284 g/mol. The smallest absolute Gasteiger partial charge is 0.229 e. The highest BCUT2D eigenvalue weighted by molar-refractivity contribution is 7.20. The van der Waals surface area contributed by atoms with Crippen molar-refractivity contribution >= 4 is 33.1 Å². The van der Waals surface area contributed by atoms with Gasteiger partial charge < -0.3 is 16.0 Å². The minimum Gasteiger partial charge on any atom is -0.389 e. The van der Waals surface area contributed by atoms with Gasteiger partial charge in [-0.25, -0.2) is 4.98 Å². The Hall–Kier alpha value is -2.08. The number of nitrogens with zero attached hydrogens (tertiary/aromatic N) is 2. The van der Waals surface area contributed by atoms with E-state index < -0.39 is 0 Å². The zero-order chi connectivity index (χ0) is 15.0. The fraction of sp³-hybridized carbons (Fsp3) is 0.333. The lowest BCUT2D eigenvalue weighted by molar-refractivity contribution is -0.117. The number of carbonyl (C=O) groups is 1. The van der Waals surface area contributed by atoms with E-state index in [-0.39, 0.29) is 11.8 Å². The van der Waals surface area contributed by atoms with Crippen LogP contribution in [0.1, 0.15) is 12.8 Å². The molecule has 1 aromatic heterocycles. The number of hydrogen-bond acceptors (Lipinski definition) is 5. The Labute approximate surface area is 127 Å². The summed E-state index contributed by atoms with van der Waals surface area (Å²) in [6, 6.07) is 8.04. The first-order chi connectivity index (χ1) is 10.0. The molecule has 0 aliphatic heterocycles. The Morgan fingerprint density at radius 3 is 2.57 bits per heavy atom. The quantitative estimate of drug-likeness (QED) is 0.911. The number of rotatable bonds is 4. The topological polar surface area (TPSA) is 71.2 Å². The summed E-state index contributed by atoms with van der Waals surface area (Å²) in [6.45, 7) is 0. The van der Waals surface area contributed by atoms with Gasteiger partial charge in [-0.1, -0.05) is 23.5 Å². The third kappa shape index (κ3) is 3.00. The number of nitrogens with two attached hydrogens (primary N) is 1. The number of amides is 1. The van der Waals surface area contributed by atoms with Crippen LogP contribution in [0, 0.1) is 5.92 Å². The minimum absolute atomic E-state index is 0.0539. The van der Waals surface area contributed by atoms with Crippen LogP contribution in [0.25, 0.3) is 11.3 Å². The number of nitrogen functional groups attached to an aromatic ring is 1. The third-order valence-electron chi connectivity index (χ3n) is 3.49. The van der Waals surface area contributed by atoms with E-state index in [2.05, 4.69) is 10.3 Å². The summed E-state index contributed by atoms with van der Waals surface area (Å²) < 4.78 is 0. The molecule has 0 radical (unpaired) electrons. The van der Waals surface area contributed by atoms with Crippen LogP contribution in [0.15, 0.2) is 24.3 Å². The van der Waals surface area contributed by atoms with Crippen LogP contribution in [-0.2, 0) is 4.79 Å². The fourth-order valence-electron chi connectivity index (χ4n) is 2.06. The van der Waals surface area contributed by atoms with Crippen molar-refractivity contribution in [3.8, 4) is 11.3 Å². The van der Waals surface area contributed by atoms with E-state index in [9.17, 15) is 4.79 Å². The van der Waals surface area contributed by atoms with E-state index in [0.717, 1.165) is 29.8 Å². The number of thiazole rings is 1. The number of benzene rings is 1. The van der Waals surface area contributed by atoms with E-state index >= 15 is 0 Å². The van der Waals surface area contributed by atoms with E-state index in [1.54, 1.807) is 0 Å². The van der Waals surface area contributed by atoms with Crippen LogP contribution in [0.3, 0.4) is 0 Å². The van der Waals surface area contributed by atoms with Crippen LogP contribution < -0.4 is 16.0 Å². The standard InChI is InChI=1S/C15H18N4OS/c1-19(2)11-7-5-9(6-8-11)12-13(16)21-15(17-12)18-14(20)10-3-4-10/h5-8,10H,3-4,16H2,1-2H3,(H,17,18,20). The molecule has 1 aromatic carbocycles. The number of nitrogens with one attached hydrogen (secondary N) is 1. The monoisotopic (exact) mass is 302 g/mol. The molecule has 3 N–H and O–H groups in total. The zero-order valence-electron chi connectivity index (χ0n) is 12.1. The van der Waals surface area contributed by atoms with Gasteiger partial charge >= 0.3 is 0 Å². The SMILES string of the molecule is CN(C)c1ccc(-c2nc(NC(=O)C3CC3)sc2N)cc1. The molecule has 2 aromatic rings. The number of aromatic nitrogens is 1. The summed E-state index contributed by atoms with van der Waals surface area (Å²) in [4.78, 5) is 18.3. The number of hydrogen-bond donors (Lipinski definition) is 2. The van der Waals surface area contributed by atoms with Crippen molar-refractivity contribution < 1.29 is 4.79 Å². The predicted molar refractivity (Wildman–Crippen MR) is 87.6 cm³/mol. The Balaban J connectivity index is 1.81.